The number of ether oxygens (including phenoxy) is 1. The molecule has 0 saturated heterocycles. The van der Waals surface area contributed by atoms with Gasteiger partial charge in [0.1, 0.15) is 11.3 Å². The van der Waals surface area contributed by atoms with Crippen LogP contribution in [0.3, 0.4) is 0 Å². The molecule has 0 aliphatic rings. The van der Waals surface area contributed by atoms with Crippen molar-refractivity contribution >= 4 is 34.7 Å². The van der Waals surface area contributed by atoms with E-state index in [1.807, 2.05) is 12.1 Å². The monoisotopic (exact) mass is 340 g/mol. The van der Waals surface area contributed by atoms with Crippen molar-refractivity contribution in [2.75, 3.05) is 11.9 Å². The summed E-state index contributed by atoms with van der Waals surface area (Å²) in [6, 6.07) is 12.6. The summed E-state index contributed by atoms with van der Waals surface area (Å²) in [5, 5.41) is 2.42. The number of rotatable bonds is 5. The molecule has 0 bridgehead atoms. The predicted octanol–water partition coefficient (Wildman–Crippen LogP) is 3.16. The van der Waals surface area contributed by atoms with Gasteiger partial charge in [0.05, 0.1) is 0 Å². The van der Waals surface area contributed by atoms with Gasteiger partial charge in [-0.15, -0.1) is 0 Å². The van der Waals surface area contributed by atoms with E-state index in [1.54, 1.807) is 12.1 Å². The first-order chi connectivity index (χ1) is 12.1. The van der Waals surface area contributed by atoms with E-state index in [4.69, 9.17) is 9.15 Å². The Morgan fingerprint density at radius 1 is 1.20 bits per heavy atom. The van der Waals surface area contributed by atoms with Gasteiger partial charge in [-0.25, -0.2) is 14.2 Å². The maximum absolute atomic E-state index is 13.0. The second-order valence-electron chi connectivity index (χ2n) is 5.02. The molecule has 0 aliphatic heterocycles. The number of nitrogens with one attached hydrogen (secondary N) is 1. The molecular formula is C18H13FN2O4. The van der Waals surface area contributed by atoms with Crippen molar-refractivity contribution in [1.82, 2.24) is 4.98 Å². The highest BCUT2D eigenvalue weighted by molar-refractivity contribution is 5.94. The van der Waals surface area contributed by atoms with Crippen LogP contribution in [0.25, 0.3) is 17.2 Å². The Hall–Kier alpha value is -3.48. The normalized spacial score (nSPS) is 10.9. The second kappa shape index (κ2) is 7.39. The molecule has 1 heterocycles. The first kappa shape index (κ1) is 16.4. The molecule has 3 aromatic rings. The average molecular weight is 340 g/mol. The first-order valence-corrected chi connectivity index (χ1v) is 7.36. The molecule has 0 radical (unpaired) electrons. The van der Waals surface area contributed by atoms with E-state index in [2.05, 4.69) is 10.3 Å². The molecule has 0 spiro atoms. The van der Waals surface area contributed by atoms with E-state index in [9.17, 15) is 14.0 Å². The van der Waals surface area contributed by atoms with Crippen molar-refractivity contribution in [1.29, 1.82) is 0 Å². The molecule has 0 unspecified atom stereocenters. The van der Waals surface area contributed by atoms with Gasteiger partial charge in [-0.3, -0.25) is 4.79 Å². The molecule has 1 aromatic heterocycles. The molecule has 0 aliphatic carbocycles. The molecule has 25 heavy (non-hydrogen) atoms. The lowest BCUT2D eigenvalue weighted by Crippen LogP contribution is -2.20. The van der Waals surface area contributed by atoms with Crippen LogP contribution in [0.1, 0.15) is 5.89 Å². The van der Waals surface area contributed by atoms with Crippen LogP contribution in [-0.2, 0) is 14.3 Å². The van der Waals surface area contributed by atoms with E-state index in [-0.39, 0.29) is 11.6 Å². The fourth-order valence-electron chi connectivity index (χ4n) is 2.05. The summed E-state index contributed by atoms with van der Waals surface area (Å²) >= 11 is 0. The van der Waals surface area contributed by atoms with Gasteiger partial charge >= 0.3 is 5.97 Å². The maximum atomic E-state index is 13.0. The van der Waals surface area contributed by atoms with Gasteiger partial charge < -0.3 is 14.5 Å². The zero-order chi connectivity index (χ0) is 17.6. The molecule has 1 N–H and O–H groups in total. The minimum absolute atomic E-state index is 0.252. The third-order valence-corrected chi connectivity index (χ3v) is 3.13. The zero-order valence-electron chi connectivity index (χ0n) is 12.9. The third kappa shape index (κ3) is 4.51. The van der Waals surface area contributed by atoms with E-state index in [0.717, 1.165) is 12.1 Å². The fourth-order valence-corrected chi connectivity index (χ4v) is 2.05. The number of esters is 1. The number of nitrogens with zero attached hydrogens (tertiary/aromatic N) is 1. The second-order valence-corrected chi connectivity index (χ2v) is 5.02. The number of anilines is 1. The van der Waals surface area contributed by atoms with Crippen molar-refractivity contribution < 1.29 is 23.1 Å². The molecule has 126 valence electrons. The Morgan fingerprint density at radius 2 is 2.04 bits per heavy atom. The van der Waals surface area contributed by atoms with E-state index < -0.39 is 24.3 Å². The van der Waals surface area contributed by atoms with Crippen LogP contribution in [0.4, 0.5) is 10.1 Å². The van der Waals surface area contributed by atoms with Crippen LogP contribution in [-0.4, -0.2) is 23.5 Å². The standard InChI is InChI=1S/C18H13FN2O4/c19-12-4-3-5-13(10-12)20-16(22)11-24-18(23)9-8-17-21-14-6-1-2-7-15(14)25-17/h1-10H,11H2,(H,20,22)/b9-8+. The van der Waals surface area contributed by atoms with E-state index in [0.29, 0.717) is 11.1 Å². The topological polar surface area (TPSA) is 81.4 Å². The van der Waals surface area contributed by atoms with Crippen LogP contribution in [0.15, 0.2) is 59.0 Å². The number of carbonyl (C=O) groups is 2. The lowest BCUT2D eigenvalue weighted by atomic mass is 10.3. The predicted molar refractivity (Wildman–Crippen MR) is 89.0 cm³/mol. The molecule has 2 aromatic carbocycles. The van der Waals surface area contributed by atoms with Gasteiger partial charge in [-0.05, 0) is 30.3 Å². The molecule has 0 fully saturated rings. The van der Waals surface area contributed by atoms with Crippen molar-refractivity contribution in [2.45, 2.75) is 0 Å². The summed E-state index contributed by atoms with van der Waals surface area (Å²) in [4.78, 5) is 27.4. The Morgan fingerprint density at radius 3 is 2.84 bits per heavy atom. The lowest BCUT2D eigenvalue weighted by molar-refractivity contribution is -0.142. The van der Waals surface area contributed by atoms with Crippen LogP contribution >= 0.6 is 0 Å². The number of amides is 1. The molecule has 6 nitrogen and oxygen atoms in total. The first-order valence-electron chi connectivity index (χ1n) is 7.36. The van der Waals surface area contributed by atoms with Gasteiger partial charge in [0.25, 0.3) is 5.91 Å². The van der Waals surface area contributed by atoms with Crippen LogP contribution in [0, 0.1) is 5.82 Å². The quantitative estimate of drug-likeness (QED) is 0.570. The molecule has 0 atom stereocenters. The molecule has 7 heteroatoms. The Balaban J connectivity index is 1.51. The number of fused-ring (bicyclic) bond motifs is 1. The largest absolute Gasteiger partial charge is 0.452 e. The van der Waals surface area contributed by atoms with Crippen molar-refractivity contribution in [3.8, 4) is 0 Å². The van der Waals surface area contributed by atoms with Crippen molar-refractivity contribution in [2.24, 2.45) is 0 Å². The molecular weight excluding hydrogens is 327 g/mol. The Kier molecular flexibility index (Phi) is 4.84. The summed E-state index contributed by atoms with van der Waals surface area (Å²) < 4.78 is 23.2. The fraction of sp³-hybridized carbons (Fsp3) is 0.0556. The van der Waals surface area contributed by atoms with Crippen molar-refractivity contribution in [3.63, 3.8) is 0 Å². The Labute approximate surface area is 141 Å². The third-order valence-electron chi connectivity index (χ3n) is 3.13. The van der Waals surface area contributed by atoms with Gasteiger partial charge in [-0.1, -0.05) is 18.2 Å². The number of halogens is 1. The van der Waals surface area contributed by atoms with Gasteiger partial charge in [0.15, 0.2) is 12.2 Å². The zero-order valence-corrected chi connectivity index (χ0v) is 12.9. The number of oxazole rings is 1. The summed E-state index contributed by atoms with van der Waals surface area (Å²) in [7, 11) is 0. The molecule has 0 saturated carbocycles. The summed E-state index contributed by atoms with van der Waals surface area (Å²) in [6.07, 6.45) is 2.47. The number of carbonyl (C=O) groups excluding carboxylic acids is 2. The van der Waals surface area contributed by atoms with Crippen molar-refractivity contribution in [3.05, 3.63) is 66.3 Å². The van der Waals surface area contributed by atoms with Gasteiger partial charge in [0, 0.05) is 17.8 Å². The number of hydrogen-bond donors (Lipinski definition) is 1. The highest BCUT2D eigenvalue weighted by Gasteiger charge is 2.07. The highest BCUT2D eigenvalue weighted by Crippen LogP contribution is 2.15. The minimum atomic E-state index is -0.725. The van der Waals surface area contributed by atoms with Crippen LogP contribution in [0.2, 0.25) is 0 Å². The average Bonchev–Trinajstić information content (AvgIpc) is 3.01. The number of hydrogen-bond acceptors (Lipinski definition) is 5. The van der Waals surface area contributed by atoms with E-state index >= 15 is 0 Å². The maximum Gasteiger partial charge on any atom is 0.331 e. The SMILES string of the molecule is O=C(COC(=O)/C=C/c1nc2ccccc2o1)Nc1cccc(F)c1. The number of aromatic nitrogens is 1. The van der Waals surface area contributed by atoms with Crippen LogP contribution < -0.4 is 5.32 Å². The summed E-state index contributed by atoms with van der Waals surface area (Å²) in [5.74, 6) is -1.52. The lowest BCUT2D eigenvalue weighted by Gasteiger charge is -2.05. The summed E-state index contributed by atoms with van der Waals surface area (Å²) in [5.41, 5.74) is 1.55. The minimum Gasteiger partial charge on any atom is -0.452 e. The van der Waals surface area contributed by atoms with Crippen LogP contribution in [0.5, 0.6) is 0 Å². The highest BCUT2D eigenvalue weighted by atomic mass is 19.1. The Bertz CT molecular complexity index is 916. The number of para-hydroxylation sites is 2. The van der Waals surface area contributed by atoms with E-state index in [1.165, 1.54) is 24.3 Å². The molecule has 3 rings (SSSR count). The smallest absolute Gasteiger partial charge is 0.331 e. The molecule has 1 amide bonds. The number of benzene rings is 2. The van der Waals surface area contributed by atoms with Gasteiger partial charge in [-0.2, -0.15) is 0 Å². The summed E-state index contributed by atoms with van der Waals surface area (Å²) in [6.45, 7) is -0.493. The van der Waals surface area contributed by atoms with Gasteiger partial charge in [0.2, 0.25) is 5.89 Å².